The zero-order valence-electron chi connectivity index (χ0n) is 14.5. The van der Waals surface area contributed by atoms with Crippen LogP contribution in [0.5, 0.6) is 5.75 Å². The highest BCUT2D eigenvalue weighted by Crippen LogP contribution is 2.36. The van der Waals surface area contributed by atoms with Crippen LogP contribution in [0.15, 0.2) is 29.6 Å². The quantitative estimate of drug-likeness (QED) is 0.766. The zero-order valence-corrected chi connectivity index (χ0v) is 15.3. The third-order valence-corrected chi connectivity index (χ3v) is 5.45. The standard InChI is InChI=1S/C19H24N2O2S/c1-13(16-6-7-16)21(11-15-4-8-18(23-3)9-5-15)19(22)10-17-12-24-14(2)20-17/h4-5,8-9,12-13,16H,6-7,10-11H2,1-3H3. The lowest BCUT2D eigenvalue weighted by molar-refractivity contribution is -0.133. The normalized spacial score (nSPS) is 15.1. The molecule has 4 nitrogen and oxygen atoms in total. The number of carbonyl (C=O) groups is 1. The van der Waals surface area contributed by atoms with Gasteiger partial charge < -0.3 is 9.64 Å². The summed E-state index contributed by atoms with van der Waals surface area (Å²) in [5.74, 6) is 1.64. The van der Waals surface area contributed by atoms with Crippen molar-refractivity contribution in [1.82, 2.24) is 9.88 Å². The Labute approximate surface area is 147 Å². The van der Waals surface area contributed by atoms with Gasteiger partial charge in [0, 0.05) is 18.0 Å². The molecule has 1 amide bonds. The molecule has 1 aliphatic carbocycles. The van der Waals surface area contributed by atoms with Crippen LogP contribution in [0.1, 0.15) is 36.0 Å². The van der Waals surface area contributed by atoms with Crippen LogP contribution in [0.3, 0.4) is 0 Å². The second-order valence-electron chi connectivity index (χ2n) is 6.48. The highest BCUT2D eigenvalue weighted by molar-refractivity contribution is 7.09. The number of hydrogen-bond acceptors (Lipinski definition) is 4. The summed E-state index contributed by atoms with van der Waals surface area (Å²) in [6.45, 7) is 4.79. The van der Waals surface area contributed by atoms with Gasteiger partial charge in [-0.1, -0.05) is 12.1 Å². The van der Waals surface area contributed by atoms with E-state index in [0.29, 0.717) is 18.9 Å². The first-order chi connectivity index (χ1) is 11.6. The Bertz CT molecular complexity index is 692. The first-order valence-corrected chi connectivity index (χ1v) is 9.28. The molecule has 0 bridgehead atoms. The van der Waals surface area contributed by atoms with Crippen LogP contribution in [-0.2, 0) is 17.8 Å². The molecule has 1 saturated carbocycles. The molecule has 0 saturated heterocycles. The molecule has 3 rings (SSSR count). The van der Waals surface area contributed by atoms with Crippen molar-refractivity contribution < 1.29 is 9.53 Å². The van der Waals surface area contributed by atoms with E-state index in [-0.39, 0.29) is 11.9 Å². The van der Waals surface area contributed by atoms with Crippen molar-refractivity contribution in [3.8, 4) is 5.75 Å². The van der Waals surface area contributed by atoms with Crippen molar-refractivity contribution in [2.24, 2.45) is 5.92 Å². The Morgan fingerprint density at radius 3 is 2.62 bits per heavy atom. The van der Waals surface area contributed by atoms with Gasteiger partial charge >= 0.3 is 0 Å². The number of amides is 1. The molecule has 0 radical (unpaired) electrons. The smallest absolute Gasteiger partial charge is 0.229 e. The van der Waals surface area contributed by atoms with Crippen LogP contribution in [0.4, 0.5) is 0 Å². The lowest BCUT2D eigenvalue weighted by Crippen LogP contribution is -2.40. The SMILES string of the molecule is COc1ccc(CN(C(=O)Cc2csc(C)n2)C(C)C2CC2)cc1. The monoisotopic (exact) mass is 344 g/mol. The van der Waals surface area contributed by atoms with Gasteiger partial charge in [0.2, 0.25) is 5.91 Å². The van der Waals surface area contributed by atoms with Crippen LogP contribution >= 0.6 is 11.3 Å². The van der Waals surface area contributed by atoms with Gasteiger partial charge in [0.1, 0.15) is 5.75 Å². The third kappa shape index (κ3) is 4.15. The number of methoxy groups -OCH3 is 1. The lowest BCUT2D eigenvalue weighted by atomic mass is 10.1. The second-order valence-corrected chi connectivity index (χ2v) is 7.54. The van der Waals surface area contributed by atoms with E-state index in [2.05, 4.69) is 11.9 Å². The topological polar surface area (TPSA) is 42.4 Å². The first-order valence-electron chi connectivity index (χ1n) is 8.40. The Morgan fingerprint density at radius 2 is 2.08 bits per heavy atom. The van der Waals surface area contributed by atoms with Gasteiger partial charge in [-0.05, 0) is 50.3 Å². The second kappa shape index (κ2) is 7.34. The minimum Gasteiger partial charge on any atom is -0.497 e. The number of ether oxygens (including phenoxy) is 1. The molecule has 1 aromatic carbocycles. The lowest BCUT2D eigenvalue weighted by Gasteiger charge is -2.29. The summed E-state index contributed by atoms with van der Waals surface area (Å²) in [6.07, 6.45) is 2.84. The number of aromatic nitrogens is 1. The summed E-state index contributed by atoms with van der Waals surface area (Å²) in [6, 6.07) is 8.24. The van der Waals surface area contributed by atoms with Crippen LogP contribution in [0.25, 0.3) is 0 Å². The van der Waals surface area contributed by atoms with Crippen LogP contribution < -0.4 is 4.74 Å². The summed E-state index contributed by atoms with van der Waals surface area (Å²) in [5, 5.41) is 3.00. The molecule has 0 aliphatic heterocycles. The van der Waals surface area contributed by atoms with Gasteiger partial charge in [-0.25, -0.2) is 4.98 Å². The number of benzene rings is 1. The number of nitrogens with zero attached hydrogens (tertiary/aromatic N) is 2. The van der Waals surface area contributed by atoms with E-state index in [4.69, 9.17) is 4.74 Å². The molecule has 1 atom stereocenters. The van der Waals surface area contributed by atoms with E-state index in [9.17, 15) is 4.79 Å². The molecule has 1 aliphatic rings. The average molecular weight is 344 g/mol. The fourth-order valence-electron chi connectivity index (χ4n) is 2.97. The largest absolute Gasteiger partial charge is 0.497 e. The molecule has 24 heavy (non-hydrogen) atoms. The molecule has 1 fully saturated rings. The van der Waals surface area contributed by atoms with Crippen molar-refractivity contribution in [2.75, 3.05) is 7.11 Å². The van der Waals surface area contributed by atoms with E-state index >= 15 is 0 Å². The first kappa shape index (κ1) is 17.0. The molecule has 1 heterocycles. The summed E-state index contributed by atoms with van der Waals surface area (Å²) in [4.78, 5) is 19.3. The Hall–Kier alpha value is -1.88. The van der Waals surface area contributed by atoms with E-state index in [1.807, 2.05) is 41.5 Å². The van der Waals surface area contributed by atoms with E-state index in [1.54, 1.807) is 18.4 Å². The summed E-state index contributed by atoms with van der Waals surface area (Å²) in [7, 11) is 1.66. The van der Waals surface area contributed by atoms with Crippen LogP contribution in [-0.4, -0.2) is 28.9 Å². The van der Waals surface area contributed by atoms with E-state index in [1.165, 1.54) is 12.8 Å². The number of rotatable bonds is 7. The van der Waals surface area contributed by atoms with Gasteiger partial charge in [-0.15, -0.1) is 11.3 Å². The summed E-state index contributed by atoms with van der Waals surface area (Å²) >= 11 is 1.60. The summed E-state index contributed by atoms with van der Waals surface area (Å²) in [5.41, 5.74) is 2.01. The maximum absolute atomic E-state index is 12.9. The van der Waals surface area contributed by atoms with Gasteiger partial charge in [0.05, 0.1) is 24.2 Å². The predicted octanol–water partition coefficient (Wildman–Crippen LogP) is 3.83. The zero-order chi connectivity index (χ0) is 17.1. The van der Waals surface area contributed by atoms with Crippen molar-refractivity contribution in [2.45, 2.75) is 45.7 Å². The summed E-state index contributed by atoms with van der Waals surface area (Å²) < 4.78 is 5.21. The molecular formula is C19H24N2O2S. The molecular weight excluding hydrogens is 320 g/mol. The minimum atomic E-state index is 0.163. The van der Waals surface area contributed by atoms with Crippen LogP contribution in [0, 0.1) is 12.8 Å². The Balaban J connectivity index is 1.73. The number of aryl methyl sites for hydroxylation is 1. The molecule has 5 heteroatoms. The number of carbonyl (C=O) groups excluding carboxylic acids is 1. The molecule has 2 aromatic rings. The van der Waals surface area contributed by atoms with E-state index in [0.717, 1.165) is 22.0 Å². The van der Waals surface area contributed by atoms with Crippen molar-refractivity contribution in [3.63, 3.8) is 0 Å². The predicted molar refractivity (Wildman–Crippen MR) is 96.3 cm³/mol. The molecule has 1 aromatic heterocycles. The van der Waals surface area contributed by atoms with Gasteiger partial charge in [0.15, 0.2) is 0 Å². The van der Waals surface area contributed by atoms with Gasteiger partial charge in [-0.2, -0.15) is 0 Å². The van der Waals surface area contributed by atoms with Crippen molar-refractivity contribution >= 4 is 17.2 Å². The maximum atomic E-state index is 12.9. The van der Waals surface area contributed by atoms with Crippen molar-refractivity contribution in [1.29, 1.82) is 0 Å². The highest BCUT2D eigenvalue weighted by Gasteiger charge is 2.34. The third-order valence-electron chi connectivity index (χ3n) is 4.63. The molecule has 128 valence electrons. The molecule has 0 spiro atoms. The van der Waals surface area contributed by atoms with E-state index < -0.39 is 0 Å². The average Bonchev–Trinajstić information content (AvgIpc) is 3.36. The van der Waals surface area contributed by atoms with Crippen LogP contribution in [0.2, 0.25) is 0 Å². The highest BCUT2D eigenvalue weighted by atomic mass is 32.1. The Kier molecular flexibility index (Phi) is 5.19. The number of thiazole rings is 1. The van der Waals surface area contributed by atoms with Gasteiger partial charge in [0.25, 0.3) is 0 Å². The minimum absolute atomic E-state index is 0.163. The molecule has 1 unspecified atom stereocenters. The fraction of sp³-hybridized carbons (Fsp3) is 0.474. The fourth-order valence-corrected chi connectivity index (χ4v) is 3.58. The van der Waals surface area contributed by atoms with Gasteiger partial charge in [-0.3, -0.25) is 4.79 Å². The van der Waals surface area contributed by atoms with Crippen molar-refractivity contribution in [3.05, 3.63) is 45.9 Å². The molecule has 0 N–H and O–H groups in total. The maximum Gasteiger partial charge on any atom is 0.229 e. The number of hydrogen-bond donors (Lipinski definition) is 0. The Morgan fingerprint density at radius 1 is 1.38 bits per heavy atom.